The Morgan fingerprint density at radius 3 is 2.86 bits per heavy atom. The number of rotatable bonds is 3. The van der Waals surface area contributed by atoms with Crippen LogP contribution in [0.15, 0.2) is 35.3 Å². The van der Waals surface area contributed by atoms with Gasteiger partial charge in [-0.3, -0.25) is 4.99 Å². The molecular formula is C16H15ClN2O3. The molecule has 1 aromatic heterocycles. The van der Waals surface area contributed by atoms with E-state index in [0.29, 0.717) is 23.4 Å². The summed E-state index contributed by atoms with van der Waals surface area (Å²) in [6, 6.07) is 8.48. The summed E-state index contributed by atoms with van der Waals surface area (Å²) in [6.45, 7) is 0.526. The third-order valence-corrected chi connectivity index (χ3v) is 3.84. The molecule has 5 nitrogen and oxygen atoms in total. The molecule has 114 valence electrons. The Kier molecular flexibility index (Phi) is 4.00. The largest absolute Gasteiger partial charge is 0.465 e. The van der Waals surface area contributed by atoms with E-state index in [1.165, 1.54) is 7.11 Å². The number of H-pyrrole nitrogens is 1. The number of esters is 1. The van der Waals surface area contributed by atoms with Crippen LogP contribution in [-0.2, 0) is 4.74 Å². The summed E-state index contributed by atoms with van der Waals surface area (Å²) in [5, 5.41) is 11.2. The molecule has 0 aliphatic carbocycles. The van der Waals surface area contributed by atoms with E-state index in [0.717, 1.165) is 10.7 Å². The number of aromatic nitrogens is 1. The first kappa shape index (κ1) is 14.8. The number of alkyl halides is 1. The van der Waals surface area contributed by atoms with Gasteiger partial charge in [-0.05, 0) is 23.8 Å². The Bertz CT molecular complexity index is 811. The Morgan fingerprint density at radius 1 is 1.45 bits per heavy atom. The maximum atomic E-state index is 11.4. The smallest absolute Gasteiger partial charge is 0.337 e. The highest BCUT2D eigenvalue weighted by Gasteiger charge is 2.15. The molecule has 2 unspecified atom stereocenters. The minimum absolute atomic E-state index is 0.118. The highest BCUT2D eigenvalue weighted by atomic mass is 35.5. The van der Waals surface area contributed by atoms with Crippen molar-refractivity contribution in [1.29, 1.82) is 0 Å². The Morgan fingerprint density at radius 2 is 2.18 bits per heavy atom. The Hall–Kier alpha value is -2.11. The first-order valence-electron chi connectivity index (χ1n) is 6.84. The number of benzene rings is 1. The molecule has 0 amide bonds. The van der Waals surface area contributed by atoms with Gasteiger partial charge in [0.05, 0.1) is 30.3 Å². The third kappa shape index (κ3) is 2.77. The molecule has 1 aromatic carbocycles. The number of methoxy groups -OCH3 is 1. The maximum Gasteiger partial charge on any atom is 0.337 e. The van der Waals surface area contributed by atoms with Crippen LogP contribution in [0.25, 0.3) is 6.08 Å². The molecule has 1 aliphatic rings. The van der Waals surface area contributed by atoms with Crippen LogP contribution in [0.1, 0.15) is 27.7 Å². The Labute approximate surface area is 131 Å². The predicted molar refractivity (Wildman–Crippen MR) is 82.4 cm³/mol. The first-order valence-corrected chi connectivity index (χ1v) is 7.28. The van der Waals surface area contributed by atoms with Crippen LogP contribution in [0.3, 0.4) is 0 Å². The minimum atomic E-state index is -0.824. The van der Waals surface area contributed by atoms with E-state index in [-0.39, 0.29) is 5.38 Å². The van der Waals surface area contributed by atoms with Crippen LogP contribution in [-0.4, -0.2) is 35.1 Å². The van der Waals surface area contributed by atoms with E-state index in [2.05, 4.69) is 14.7 Å². The van der Waals surface area contributed by atoms with Crippen LogP contribution in [0.2, 0.25) is 0 Å². The van der Waals surface area contributed by atoms with Crippen molar-refractivity contribution in [2.45, 2.75) is 11.5 Å². The molecule has 2 aromatic rings. The number of nitrogens with one attached hydrogen (secondary N) is 1. The van der Waals surface area contributed by atoms with Gasteiger partial charge in [0.25, 0.3) is 0 Å². The second-order valence-electron chi connectivity index (χ2n) is 5.07. The first-order chi connectivity index (χ1) is 10.6. The minimum Gasteiger partial charge on any atom is -0.465 e. The molecule has 0 saturated heterocycles. The zero-order valence-electron chi connectivity index (χ0n) is 11.9. The SMILES string of the molecule is COC(=O)c1ccc(C(O)c2cc3c([nH]2)=NCC(Cl)C=3)cc1. The quantitative estimate of drug-likeness (QED) is 0.652. The van der Waals surface area contributed by atoms with Crippen molar-refractivity contribution in [3.05, 3.63) is 57.9 Å². The molecule has 1 aliphatic heterocycles. The van der Waals surface area contributed by atoms with E-state index in [4.69, 9.17) is 11.6 Å². The lowest BCUT2D eigenvalue weighted by molar-refractivity contribution is 0.0600. The molecule has 2 heterocycles. The van der Waals surface area contributed by atoms with E-state index in [9.17, 15) is 9.90 Å². The summed E-state index contributed by atoms with van der Waals surface area (Å²) in [6.07, 6.45) is 1.09. The highest BCUT2D eigenvalue weighted by molar-refractivity contribution is 6.24. The summed E-state index contributed by atoms with van der Waals surface area (Å²) in [4.78, 5) is 18.8. The fourth-order valence-electron chi connectivity index (χ4n) is 2.41. The number of hydrogen-bond acceptors (Lipinski definition) is 4. The Balaban J connectivity index is 1.90. The zero-order chi connectivity index (χ0) is 15.7. The molecule has 0 radical (unpaired) electrons. The molecule has 2 atom stereocenters. The van der Waals surface area contributed by atoms with E-state index in [1.54, 1.807) is 24.3 Å². The lowest BCUT2D eigenvalue weighted by Gasteiger charge is -2.09. The van der Waals surface area contributed by atoms with Crippen molar-refractivity contribution >= 4 is 23.6 Å². The van der Waals surface area contributed by atoms with Crippen LogP contribution in [0.5, 0.6) is 0 Å². The number of carbonyl (C=O) groups is 1. The van der Waals surface area contributed by atoms with E-state index in [1.807, 2.05) is 12.1 Å². The van der Waals surface area contributed by atoms with Crippen molar-refractivity contribution < 1.29 is 14.6 Å². The number of halogens is 1. The summed E-state index contributed by atoms with van der Waals surface area (Å²) >= 11 is 6.04. The summed E-state index contributed by atoms with van der Waals surface area (Å²) in [5.74, 6) is -0.405. The van der Waals surface area contributed by atoms with Gasteiger partial charge >= 0.3 is 5.97 Å². The van der Waals surface area contributed by atoms with Crippen molar-refractivity contribution in [3.63, 3.8) is 0 Å². The molecule has 22 heavy (non-hydrogen) atoms. The van der Waals surface area contributed by atoms with E-state index >= 15 is 0 Å². The molecular weight excluding hydrogens is 304 g/mol. The van der Waals surface area contributed by atoms with Gasteiger partial charge in [0.15, 0.2) is 0 Å². The number of nitrogens with zero attached hydrogens (tertiary/aromatic N) is 1. The van der Waals surface area contributed by atoms with Crippen LogP contribution < -0.4 is 10.7 Å². The average Bonchev–Trinajstić information content (AvgIpc) is 2.96. The molecule has 0 spiro atoms. The van der Waals surface area contributed by atoms with Crippen LogP contribution in [0, 0.1) is 0 Å². The van der Waals surface area contributed by atoms with Gasteiger partial charge in [-0.25, -0.2) is 4.79 Å². The molecule has 2 N–H and O–H groups in total. The molecule has 0 bridgehead atoms. The number of aromatic amines is 1. The predicted octanol–water partition coefficient (Wildman–Crippen LogP) is 0.904. The van der Waals surface area contributed by atoms with Crippen molar-refractivity contribution in [1.82, 2.24) is 4.98 Å². The van der Waals surface area contributed by atoms with Crippen LogP contribution in [0.4, 0.5) is 0 Å². The summed E-state index contributed by atoms with van der Waals surface area (Å²) in [7, 11) is 1.33. The van der Waals surface area contributed by atoms with Gasteiger partial charge in [0, 0.05) is 5.22 Å². The number of aliphatic hydroxyl groups excluding tert-OH is 1. The fraction of sp³-hybridized carbons (Fsp3) is 0.250. The van der Waals surface area contributed by atoms with Gasteiger partial charge < -0.3 is 14.8 Å². The second kappa shape index (κ2) is 5.94. The third-order valence-electron chi connectivity index (χ3n) is 3.57. The normalized spacial score (nSPS) is 17.9. The standard InChI is InChI=1S/C16H15ClN2O3/c1-22-16(21)10-4-2-9(3-5-10)14(20)13-7-11-6-12(17)8-18-15(11)19-13/h2-7,12,14,20H,8H2,1H3,(H,18,19). The van der Waals surface area contributed by atoms with E-state index < -0.39 is 12.1 Å². The number of hydrogen-bond donors (Lipinski definition) is 2. The van der Waals surface area contributed by atoms with Gasteiger partial charge in [0.2, 0.25) is 0 Å². The summed E-state index contributed by atoms with van der Waals surface area (Å²) < 4.78 is 4.65. The lowest BCUT2D eigenvalue weighted by atomic mass is 10.0. The average molecular weight is 319 g/mol. The monoisotopic (exact) mass is 318 g/mol. The molecule has 3 rings (SSSR count). The van der Waals surface area contributed by atoms with Gasteiger partial charge in [-0.15, -0.1) is 11.6 Å². The number of aliphatic hydroxyl groups is 1. The zero-order valence-corrected chi connectivity index (χ0v) is 12.7. The van der Waals surface area contributed by atoms with Crippen molar-refractivity contribution in [3.8, 4) is 0 Å². The number of carbonyl (C=O) groups excluding carboxylic acids is 1. The molecule has 0 saturated carbocycles. The molecule has 6 heteroatoms. The summed E-state index contributed by atoms with van der Waals surface area (Å²) in [5.41, 5.74) is 2.49. The number of fused-ring (bicyclic) bond motifs is 1. The fourth-order valence-corrected chi connectivity index (χ4v) is 2.62. The number of ether oxygens (including phenoxy) is 1. The maximum absolute atomic E-state index is 11.4. The van der Waals surface area contributed by atoms with Gasteiger partial charge in [0.1, 0.15) is 11.6 Å². The van der Waals surface area contributed by atoms with Gasteiger partial charge in [-0.2, -0.15) is 0 Å². The molecule has 0 fully saturated rings. The topological polar surface area (TPSA) is 74.7 Å². The lowest BCUT2D eigenvalue weighted by Crippen LogP contribution is -2.29. The van der Waals surface area contributed by atoms with Crippen molar-refractivity contribution in [2.24, 2.45) is 4.99 Å². The second-order valence-corrected chi connectivity index (χ2v) is 5.63. The van der Waals surface area contributed by atoms with Crippen LogP contribution >= 0.6 is 11.6 Å². The van der Waals surface area contributed by atoms with Gasteiger partial charge in [-0.1, -0.05) is 18.2 Å². The van der Waals surface area contributed by atoms with Crippen molar-refractivity contribution in [2.75, 3.05) is 13.7 Å². The highest BCUT2D eigenvalue weighted by Crippen LogP contribution is 2.19.